The van der Waals surface area contributed by atoms with E-state index in [4.69, 9.17) is 5.73 Å². The summed E-state index contributed by atoms with van der Waals surface area (Å²) < 4.78 is 0. The molecule has 1 saturated carbocycles. The van der Waals surface area contributed by atoms with Crippen molar-refractivity contribution in [3.63, 3.8) is 0 Å². The molecule has 0 atom stereocenters. The summed E-state index contributed by atoms with van der Waals surface area (Å²) in [5.74, 6) is -0.893. The third-order valence-corrected chi connectivity index (χ3v) is 5.35. The molecule has 2 aliphatic rings. The average molecular weight is 288 g/mol. The van der Waals surface area contributed by atoms with Gasteiger partial charge in [-0.15, -0.1) is 0 Å². The second kappa shape index (κ2) is 5.58. The molecule has 0 unspecified atom stereocenters. The Bertz CT molecular complexity index is 526. The van der Waals surface area contributed by atoms with Gasteiger partial charge in [-0.25, -0.2) is 4.79 Å². The van der Waals surface area contributed by atoms with Gasteiger partial charge in [-0.05, 0) is 43.2 Å². The van der Waals surface area contributed by atoms with Gasteiger partial charge in [-0.2, -0.15) is 0 Å². The minimum absolute atomic E-state index is 0.328. The zero-order valence-corrected chi connectivity index (χ0v) is 12.5. The summed E-state index contributed by atoms with van der Waals surface area (Å²) in [5, 5.41) is 9.38. The first kappa shape index (κ1) is 14.2. The summed E-state index contributed by atoms with van der Waals surface area (Å²) in [7, 11) is 0. The number of carbonyl (C=O) groups is 1. The maximum Gasteiger partial charge on any atom is 0.337 e. The first-order valence-corrected chi connectivity index (χ1v) is 7.98. The fourth-order valence-corrected chi connectivity index (χ4v) is 4.09. The van der Waals surface area contributed by atoms with Gasteiger partial charge in [0.05, 0.1) is 16.9 Å². The molecule has 1 heterocycles. The van der Waals surface area contributed by atoms with Crippen LogP contribution in [-0.2, 0) is 0 Å². The molecule has 1 aromatic carbocycles. The Morgan fingerprint density at radius 1 is 1.10 bits per heavy atom. The lowest BCUT2D eigenvalue weighted by molar-refractivity contribution is 0.0697. The molecule has 114 valence electrons. The Labute approximate surface area is 125 Å². The largest absolute Gasteiger partial charge is 0.478 e. The maximum absolute atomic E-state index is 11.4. The summed E-state index contributed by atoms with van der Waals surface area (Å²) in [6.07, 6.45) is 9.11. The molecule has 3 N–H and O–H groups in total. The highest BCUT2D eigenvalue weighted by Crippen LogP contribution is 2.45. The van der Waals surface area contributed by atoms with Crippen LogP contribution in [0.2, 0.25) is 0 Å². The number of hydrogen-bond acceptors (Lipinski definition) is 3. The van der Waals surface area contributed by atoms with Gasteiger partial charge in [0, 0.05) is 13.1 Å². The molecule has 21 heavy (non-hydrogen) atoms. The van der Waals surface area contributed by atoms with Crippen LogP contribution in [0.5, 0.6) is 0 Å². The van der Waals surface area contributed by atoms with Crippen LogP contribution in [-0.4, -0.2) is 24.2 Å². The molecule has 1 aromatic rings. The van der Waals surface area contributed by atoms with Crippen molar-refractivity contribution in [3.8, 4) is 0 Å². The number of para-hydroxylation sites is 1. The number of benzene rings is 1. The first-order valence-electron chi connectivity index (χ1n) is 7.98. The molecule has 4 heteroatoms. The molecule has 1 spiro atoms. The van der Waals surface area contributed by atoms with Crippen molar-refractivity contribution in [2.75, 3.05) is 23.7 Å². The third-order valence-electron chi connectivity index (χ3n) is 5.35. The summed E-state index contributed by atoms with van der Waals surface area (Å²) in [6.45, 7) is 1.85. The molecule has 4 nitrogen and oxygen atoms in total. The normalized spacial score (nSPS) is 21.4. The lowest BCUT2D eigenvalue weighted by atomic mass is 9.68. The van der Waals surface area contributed by atoms with E-state index in [1.165, 1.54) is 44.9 Å². The van der Waals surface area contributed by atoms with Crippen LogP contribution in [0.3, 0.4) is 0 Å². The number of hydrogen-bond donors (Lipinski definition) is 2. The second-order valence-electron chi connectivity index (χ2n) is 6.60. The zero-order valence-electron chi connectivity index (χ0n) is 12.5. The zero-order chi connectivity index (χ0) is 14.9. The summed E-state index contributed by atoms with van der Waals surface area (Å²) >= 11 is 0. The number of carboxylic acids is 1. The summed E-state index contributed by atoms with van der Waals surface area (Å²) in [5.41, 5.74) is 8.20. The fraction of sp³-hybridized carbons (Fsp3) is 0.588. The molecule has 1 aliphatic heterocycles. The van der Waals surface area contributed by atoms with Crippen LogP contribution in [0.15, 0.2) is 18.2 Å². The van der Waals surface area contributed by atoms with Crippen LogP contribution in [0, 0.1) is 5.41 Å². The van der Waals surface area contributed by atoms with Crippen LogP contribution in [0.25, 0.3) is 0 Å². The lowest BCUT2D eigenvalue weighted by Gasteiger charge is -2.45. The standard InChI is InChI=1S/C17H24N2O2/c18-14-6-4-5-13(16(20)21)15(14)19-11-9-17(10-12-19)7-2-1-3-8-17/h4-6H,1-3,7-12,18H2,(H,20,21). The van der Waals surface area contributed by atoms with Crippen LogP contribution >= 0.6 is 0 Å². The summed E-state index contributed by atoms with van der Waals surface area (Å²) in [4.78, 5) is 13.6. The molecular formula is C17H24N2O2. The van der Waals surface area contributed by atoms with E-state index in [1.54, 1.807) is 18.2 Å². The van der Waals surface area contributed by atoms with Gasteiger partial charge in [0.2, 0.25) is 0 Å². The van der Waals surface area contributed by atoms with Crippen molar-refractivity contribution in [2.24, 2.45) is 5.41 Å². The van der Waals surface area contributed by atoms with Crippen LogP contribution in [0.4, 0.5) is 11.4 Å². The monoisotopic (exact) mass is 288 g/mol. The van der Waals surface area contributed by atoms with Gasteiger partial charge in [0.25, 0.3) is 0 Å². The fourth-order valence-electron chi connectivity index (χ4n) is 4.09. The van der Waals surface area contributed by atoms with Gasteiger partial charge in [-0.3, -0.25) is 0 Å². The molecule has 0 bridgehead atoms. The van der Waals surface area contributed by atoms with E-state index in [0.29, 0.717) is 16.7 Å². The van der Waals surface area contributed by atoms with Crippen molar-refractivity contribution in [2.45, 2.75) is 44.9 Å². The number of nitrogens with zero attached hydrogens (tertiary/aromatic N) is 1. The topological polar surface area (TPSA) is 66.6 Å². The van der Waals surface area contributed by atoms with E-state index in [1.807, 2.05) is 0 Å². The van der Waals surface area contributed by atoms with Gasteiger partial charge in [0.15, 0.2) is 0 Å². The van der Waals surface area contributed by atoms with E-state index in [0.717, 1.165) is 18.8 Å². The van der Waals surface area contributed by atoms with Crippen LogP contribution in [0.1, 0.15) is 55.3 Å². The van der Waals surface area contributed by atoms with E-state index in [2.05, 4.69) is 4.90 Å². The van der Waals surface area contributed by atoms with Crippen molar-refractivity contribution in [1.82, 2.24) is 0 Å². The van der Waals surface area contributed by atoms with Crippen molar-refractivity contribution >= 4 is 17.3 Å². The highest BCUT2D eigenvalue weighted by Gasteiger charge is 2.36. The minimum atomic E-state index is -0.893. The predicted molar refractivity (Wildman–Crippen MR) is 84.8 cm³/mol. The molecule has 0 aromatic heterocycles. The molecular weight excluding hydrogens is 264 g/mol. The smallest absolute Gasteiger partial charge is 0.337 e. The molecule has 0 amide bonds. The summed E-state index contributed by atoms with van der Waals surface area (Å²) in [6, 6.07) is 5.17. The number of nitrogen functional groups attached to an aromatic ring is 1. The van der Waals surface area contributed by atoms with E-state index >= 15 is 0 Å². The lowest BCUT2D eigenvalue weighted by Crippen LogP contribution is -2.42. The van der Waals surface area contributed by atoms with Crippen molar-refractivity contribution in [1.29, 1.82) is 0 Å². The first-order chi connectivity index (χ1) is 10.1. The molecule has 1 aliphatic carbocycles. The number of anilines is 2. The van der Waals surface area contributed by atoms with Gasteiger partial charge >= 0.3 is 5.97 Å². The molecule has 1 saturated heterocycles. The number of rotatable bonds is 2. The van der Waals surface area contributed by atoms with Gasteiger partial charge in [0.1, 0.15) is 0 Å². The molecule has 2 fully saturated rings. The Balaban J connectivity index is 1.79. The minimum Gasteiger partial charge on any atom is -0.478 e. The second-order valence-corrected chi connectivity index (χ2v) is 6.60. The molecule has 0 radical (unpaired) electrons. The highest BCUT2D eigenvalue weighted by atomic mass is 16.4. The van der Waals surface area contributed by atoms with Crippen molar-refractivity contribution in [3.05, 3.63) is 23.8 Å². The molecule has 3 rings (SSSR count). The highest BCUT2D eigenvalue weighted by molar-refractivity contribution is 5.98. The number of nitrogens with two attached hydrogens (primary N) is 1. The van der Waals surface area contributed by atoms with E-state index < -0.39 is 5.97 Å². The Morgan fingerprint density at radius 3 is 2.38 bits per heavy atom. The van der Waals surface area contributed by atoms with E-state index in [-0.39, 0.29) is 0 Å². The van der Waals surface area contributed by atoms with Gasteiger partial charge < -0.3 is 15.7 Å². The SMILES string of the molecule is Nc1cccc(C(=O)O)c1N1CCC2(CCCCC2)CC1. The third kappa shape index (κ3) is 2.71. The Kier molecular flexibility index (Phi) is 3.79. The van der Waals surface area contributed by atoms with Crippen LogP contribution < -0.4 is 10.6 Å². The number of aromatic carboxylic acids is 1. The number of carboxylic acid groups (broad SMARTS) is 1. The maximum atomic E-state index is 11.4. The van der Waals surface area contributed by atoms with E-state index in [9.17, 15) is 9.90 Å². The average Bonchev–Trinajstić information content (AvgIpc) is 2.49. The number of piperidine rings is 1. The Morgan fingerprint density at radius 2 is 1.76 bits per heavy atom. The Hall–Kier alpha value is -1.71. The quantitative estimate of drug-likeness (QED) is 0.817. The predicted octanol–water partition coefficient (Wildman–Crippen LogP) is 3.52. The van der Waals surface area contributed by atoms with Crippen molar-refractivity contribution < 1.29 is 9.90 Å². The van der Waals surface area contributed by atoms with Gasteiger partial charge in [-0.1, -0.05) is 25.3 Å².